The number of aliphatic carboxylic acids is 1. The number of hydrogen-bond acceptors (Lipinski definition) is 3. The van der Waals surface area contributed by atoms with E-state index in [0.29, 0.717) is 12.5 Å². The van der Waals surface area contributed by atoms with Gasteiger partial charge in [-0.25, -0.2) is 0 Å². The van der Waals surface area contributed by atoms with Crippen LogP contribution in [0, 0.1) is 11.8 Å². The van der Waals surface area contributed by atoms with E-state index in [1.165, 1.54) is 12.1 Å². The Kier molecular flexibility index (Phi) is 6.72. The zero-order valence-electron chi connectivity index (χ0n) is 12.5. The highest BCUT2D eigenvalue weighted by Gasteiger charge is 2.16. The fraction of sp³-hybridized carbons (Fsp3) is 0.500. The maximum absolute atomic E-state index is 11.9. The lowest BCUT2D eigenvalue weighted by Crippen LogP contribution is -2.32. The maximum Gasteiger partial charge on any atom is 0.303 e. The van der Waals surface area contributed by atoms with Crippen molar-refractivity contribution in [3.63, 3.8) is 0 Å². The van der Waals surface area contributed by atoms with E-state index in [0.717, 1.165) is 12.0 Å². The highest BCUT2D eigenvalue weighted by Crippen LogP contribution is 2.15. The molecule has 0 radical (unpaired) electrons. The molecule has 1 rings (SSSR count). The van der Waals surface area contributed by atoms with Crippen LogP contribution in [0.5, 0.6) is 5.75 Å². The molecule has 5 heteroatoms. The average Bonchev–Trinajstić information content (AvgIpc) is 2.37. The van der Waals surface area contributed by atoms with Crippen LogP contribution in [0.25, 0.3) is 0 Å². The molecule has 1 aromatic carbocycles. The van der Waals surface area contributed by atoms with E-state index in [-0.39, 0.29) is 30.4 Å². The van der Waals surface area contributed by atoms with Gasteiger partial charge in [0.15, 0.2) is 0 Å². The third-order valence-corrected chi connectivity index (χ3v) is 3.16. The Labute approximate surface area is 125 Å². The fourth-order valence-electron chi connectivity index (χ4n) is 2.27. The summed E-state index contributed by atoms with van der Waals surface area (Å²) in [7, 11) is 0. The summed E-state index contributed by atoms with van der Waals surface area (Å²) in [5.74, 6) is -0.472. The number of amides is 1. The van der Waals surface area contributed by atoms with Gasteiger partial charge in [0.1, 0.15) is 5.75 Å². The molecule has 0 saturated heterocycles. The zero-order valence-corrected chi connectivity index (χ0v) is 12.5. The van der Waals surface area contributed by atoms with Crippen LogP contribution in [-0.2, 0) is 16.0 Å². The minimum Gasteiger partial charge on any atom is -0.508 e. The molecule has 0 aliphatic heterocycles. The average molecular weight is 293 g/mol. The number of nitrogens with one attached hydrogen (secondary N) is 1. The monoisotopic (exact) mass is 293 g/mol. The molecule has 5 nitrogen and oxygen atoms in total. The van der Waals surface area contributed by atoms with Crippen LogP contribution < -0.4 is 5.32 Å². The molecule has 1 amide bonds. The van der Waals surface area contributed by atoms with Crippen molar-refractivity contribution in [1.29, 1.82) is 0 Å². The second-order valence-corrected chi connectivity index (χ2v) is 5.74. The van der Waals surface area contributed by atoms with E-state index in [4.69, 9.17) is 5.11 Å². The van der Waals surface area contributed by atoms with Gasteiger partial charge in [0.25, 0.3) is 0 Å². The summed E-state index contributed by atoms with van der Waals surface area (Å²) in [6.07, 6.45) is 1.06. The molecule has 0 bridgehead atoms. The molecular formula is C16H23NO4. The molecule has 21 heavy (non-hydrogen) atoms. The number of phenolic OH excluding ortho intramolecular Hbond substituents is 1. The molecule has 0 spiro atoms. The zero-order chi connectivity index (χ0) is 15.8. The van der Waals surface area contributed by atoms with Crippen molar-refractivity contribution in [1.82, 2.24) is 5.32 Å². The Morgan fingerprint density at radius 3 is 2.33 bits per heavy atom. The molecule has 116 valence electrons. The van der Waals surface area contributed by atoms with E-state index >= 15 is 0 Å². The summed E-state index contributed by atoms with van der Waals surface area (Å²) in [4.78, 5) is 22.7. The minimum absolute atomic E-state index is 0.0498. The largest absolute Gasteiger partial charge is 0.508 e. The van der Waals surface area contributed by atoms with Crippen molar-refractivity contribution in [3.05, 3.63) is 29.8 Å². The normalized spacial score (nSPS) is 12.1. The molecule has 0 aliphatic carbocycles. The van der Waals surface area contributed by atoms with Crippen LogP contribution in [0.4, 0.5) is 0 Å². The lowest BCUT2D eigenvalue weighted by Gasteiger charge is -2.17. The van der Waals surface area contributed by atoms with Gasteiger partial charge in [-0.3, -0.25) is 9.59 Å². The Balaban J connectivity index is 2.44. The van der Waals surface area contributed by atoms with Crippen molar-refractivity contribution in [3.8, 4) is 5.75 Å². The Bertz CT molecular complexity index is 468. The summed E-state index contributed by atoms with van der Waals surface area (Å²) in [6.45, 7) is 4.45. The van der Waals surface area contributed by atoms with Gasteiger partial charge in [0, 0.05) is 13.0 Å². The van der Waals surface area contributed by atoms with Crippen molar-refractivity contribution in [2.24, 2.45) is 11.8 Å². The van der Waals surface area contributed by atoms with Crippen LogP contribution in [-0.4, -0.2) is 28.6 Å². The number of aromatic hydroxyl groups is 1. The standard InChI is InChI=1S/C16H23NO4/c1-11(2)7-13(9-16(20)21)10-17-15(19)8-12-3-5-14(18)6-4-12/h3-6,11,13,18H,7-10H2,1-2H3,(H,17,19)(H,20,21). The van der Waals surface area contributed by atoms with Gasteiger partial charge >= 0.3 is 5.97 Å². The predicted octanol–water partition coefficient (Wildman–Crippen LogP) is 2.19. The lowest BCUT2D eigenvalue weighted by atomic mass is 9.94. The van der Waals surface area contributed by atoms with Crippen molar-refractivity contribution < 1.29 is 19.8 Å². The first-order chi connectivity index (χ1) is 9.86. The highest BCUT2D eigenvalue weighted by atomic mass is 16.4. The molecule has 0 heterocycles. The van der Waals surface area contributed by atoms with Crippen molar-refractivity contribution in [2.45, 2.75) is 33.1 Å². The number of phenols is 1. The summed E-state index contributed by atoms with van der Waals surface area (Å²) in [6, 6.07) is 6.46. The molecular weight excluding hydrogens is 270 g/mol. The number of carboxylic acid groups (broad SMARTS) is 1. The predicted molar refractivity (Wildman–Crippen MR) is 80.0 cm³/mol. The first kappa shape index (κ1) is 17.0. The number of carboxylic acids is 1. The second kappa shape index (κ2) is 8.29. The molecule has 1 unspecified atom stereocenters. The number of rotatable bonds is 8. The molecule has 0 aromatic heterocycles. The third-order valence-electron chi connectivity index (χ3n) is 3.16. The number of hydrogen-bond donors (Lipinski definition) is 3. The van der Waals surface area contributed by atoms with Crippen molar-refractivity contribution >= 4 is 11.9 Å². The first-order valence-electron chi connectivity index (χ1n) is 7.13. The van der Waals surface area contributed by atoms with E-state index in [1.807, 2.05) is 13.8 Å². The van der Waals surface area contributed by atoms with Crippen LogP contribution in [0.15, 0.2) is 24.3 Å². The Morgan fingerprint density at radius 2 is 1.81 bits per heavy atom. The van der Waals surface area contributed by atoms with Crippen LogP contribution in [0.3, 0.4) is 0 Å². The summed E-state index contributed by atoms with van der Waals surface area (Å²) in [5, 5.41) is 20.9. The van der Waals surface area contributed by atoms with E-state index < -0.39 is 5.97 Å². The molecule has 1 aromatic rings. The fourth-order valence-corrected chi connectivity index (χ4v) is 2.27. The quantitative estimate of drug-likeness (QED) is 0.685. The van der Waals surface area contributed by atoms with Crippen molar-refractivity contribution in [2.75, 3.05) is 6.54 Å². The maximum atomic E-state index is 11.9. The molecule has 0 fully saturated rings. The molecule has 0 saturated carbocycles. The van der Waals surface area contributed by atoms with E-state index in [1.54, 1.807) is 12.1 Å². The first-order valence-corrected chi connectivity index (χ1v) is 7.13. The molecule has 1 atom stereocenters. The van der Waals surface area contributed by atoms with Gasteiger partial charge in [-0.15, -0.1) is 0 Å². The molecule has 3 N–H and O–H groups in total. The van der Waals surface area contributed by atoms with Gasteiger partial charge < -0.3 is 15.5 Å². The van der Waals surface area contributed by atoms with Gasteiger partial charge in [-0.1, -0.05) is 26.0 Å². The second-order valence-electron chi connectivity index (χ2n) is 5.74. The SMILES string of the molecule is CC(C)CC(CNC(=O)Cc1ccc(O)cc1)CC(=O)O. The summed E-state index contributed by atoms with van der Waals surface area (Å²) >= 11 is 0. The van der Waals surface area contributed by atoms with Gasteiger partial charge in [0.05, 0.1) is 6.42 Å². The van der Waals surface area contributed by atoms with Crippen LogP contribution in [0.1, 0.15) is 32.3 Å². The topological polar surface area (TPSA) is 86.6 Å². The number of benzene rings is 1. The van der Waals surface area contributed by atoms with Gasteiger partial charge in [0.2, 0.25) is 5.91 Å². The Morgan fingerprint density at radius 1 is 1.19 bits per heavy atom. The Hall–Kier alpha value is -2.04. The van der Waals surface area contributed by atoms with E-state index in [9.17, 15) is 14.7 Å². The van der Waals surface area contributed by atoms with Gasteiger partial charge in [-0.05, 0) is 36.0 Å². The number of carbonyl (C=O) groups excluding carboxylic acids is 1. The summed E-state index contributed by atoms with van der Waals surface area (Å²) in [5.41, 5.74) is 0.809. The highest BCUT2D eigenvalue weighted by molar-refractivity contribution is 5.78. The smallest absolute Gasteiger partial charge is 0.303 e. The van der Waals surface area contributed by atoms with Crippen LogP contribution >= 0.6 is 0 Å². The summed E-state index contributed by atoms with van der Waals surface area (Å²) < 4.78 is 0. The number of carbonyl (C=O) groups is 2. The lowest BCUT2D eigenvalue weighted by molar-refractivity contribution is -0.138. The van der Waals surface area contributed by atoms with E-state index in [2.05, 4.69) is 5.32 Å². The molecule has 0 aliphatic rings. The van der Waals surface area contributed by atoms with Crippen LogP contribution in [0.2, 0.25) is 0 Å². The third kappa shape index (κ3) is 7.34. The minimum atomic E-state index is -0.839. The van der Waals surface area contributed by atoms with Gasteiger partial charge in [-0.2, -0.15) is 0 Å².